The van der Waals surface area contributed by atoms with Crippen LogP contribution in [-0.2, 0) is 11.3 Å². The fourth-order valence-corrected chi connectivity index (χ4v) is 4.24. The number of nitrogens with one attached hydrogen (secondary N) is 1. The normalized spacial score (nSPS) is 11.1. The number of carbonyl (C=O) groups is 1. The van der Waals surface area contributed by atoms with Crippen LogP contribution in [0.25, 0.3) is 22.1 Å². The van der Waals surface area contributed by atoms with E-state index in [4.69, 9.17) is 13.9 Å². The molecule has 2 aromatic carbocycles. The number of methoxy groups -OCH3 is 2. The molecule has 0 aliphatic heterocycles. The van der Waals surface area contributed by atoms with Gasteiger partial charge in [0.15, 0.2) is 16.7 Å². The highest BCUT2D eigenvalue weighted by Crippen LogP contribution is 2.30. The number of ether oxygens (including phenoxy) is 2. The standard InChI is InChI=1S/C23H23N3O5S/c1-4-11-26-22(28)21-20(15-7-5-6-8-16(15)31-21)25-23(26)32-13-19(27)24-14-9-10-17(29-2)18(12-14)30-3/h5-10,12H,4,11,13H2,1-3H3,(H,24,27). The number of thioether (sulfide) groups is 1. The van der Waals surface area contributed by atoms with Crippen LogP contribution in [0.4, 0.5) is 5.69 Å². The van der Waals surface area contributed by atoms with Gasteiger partial charge in [-0.2, -0.15) is 0 Å². The van der Waals surface area contributed by atoms with E-state index < -0.39 is 0 Å². The Labute approximate surface area is 188 Å². The molecule has 0 saturated carbocycles. The summed E-state index contributed by atoms with van der Waals surface area (Å²) in [5.74, 6) is 0.963. The second kappa shape index (κ2) is 9.35. The van der Waals surface area contributed by atoms with E-state index in [-0.39, 0.29) is 22.8 Å². The molecule has 0 atom stereocenters. The maximum atomic E-state index is 13.1. The molecular formula is C23H23N3O5S. The van der Waals surface area contributed by atoms with Crippen molar-refractivity contribution in [3.8, 4) is 11.5 Å². The molecule has 4 aromatic rings. The Morgan fingerprint density at radius 3 is 2.69 bits per heavy atom. The van der Waals surface area contributed by atoms with E-state index in [1.54, 1.807) is 29.9 Å². The SMILES string of the molecule is CCCn1c(SCC(=O)Nc2ccc(OC)c(OC)c2)nc2c(oc3ccccc32)c1=O. The minimum atomic E-state index is -0.240. The van der Waals surface area contributed by atoms with Gasteiger partial charge in [-0.15, -0.1) is 0 Å². The van der Waals surface area contributed by atoms with Gasteiger partial charge >= 0.3 is 0 Å². The van der Waals surface area contributed by atoms with E-state index in [2.05, 4.69) is 10.3 Å². The maximum absolute atomic E-state index is 13.1. The summed E-state index contributed by atoms with van der Waals surface area (Å²) in [5.41, 5.74) is 1.71. The van der Waals surface area contributed by atoms with Crippen LogP contribution in [-0.4, -0.2) is 35.4 Å². The quantitative estimate of drug-likeness (QED) is 0.314. The summed E-state index contributed by atoms with van der Waals surface area (Å²) < 4.78 is 17.8. The smallest absolute Gasteiger partial charge is 0.297 e. The highest BCUT2D eigenvalue weighted by Gasteiger charge is 2.18. The summed E-state index contributed by atoms with van der Waals surface area (Å²) in [6, 6.07) is 12.6. The zero-order valence-electron chi connectivity index (χ0n) is 18.0. The molecule has 2 heterocycles. The van der Waals surface area contributed by atoms with Gasteiger partial charge in [0.2, 0.25) is 11.5 Å². The van der Waals surface area contributed by atoms with Gasteiger partial charge in [-0.25, -0.2) is 4.98 Å². The Balaban J connectivity index is 1.59. The first-order chi connectivity index (χ1) is 15.5. The third-order valence-corrected chi connectivity index (χ3v) is 5.87. The third-order valence-electron chi connectivity index (χ3n) is 4.89. The molecule has 8 nitrogen and oxygen atoms in total. The van der Waals surface area contributed by atoms with Crippen molar-refractivity contribution in [3.63, 3.8) is 0 Å². The fraction of sp³-hybridized carbons (Fsp3) is 0.261. The van der Waals surface area contributed by atoms with Crippen molar-refractivity contribution in [1.82, 2.24) is 9.55 Å². The van der Waals surface area contributed by atoms with Crippen molar-refractivity contribution in [2.75, 3.05) is 25.3 Å². The number of benzene rings is 2. The Kier molecular flexibility index (Phi) is 6.36. The van der Waals surface area contributed by atoms with Gasteiger partial charge in [0.1, 0.15) is 11.1 Å². The number of nitrogens with zero attached hydrogens (tertiary/aromatic N) is 2. The first-order valence-electron chi connectivity index (χ1n) is 10.1. The first kappa shape index (κ1) is 21.8. The Morgan fingerprint density at radius 1 is 1.16 bits per heavy atom. The van der Waals surface area contributed by atoms with Crippen LogP contribution in [0.5, 0.6) is 11.5 Å². The number of amides is 1. The number of hydrogen-bond donors (Lipinski definition) is 1. The summed E-state index contributed by atoms with van der Waals surface area (Å²) in [7, 11) is 3.09. The molecule has 0 aliphatic carbocycles. The predicted octanol–water partition coefficient (Wildman–Crippen LogP) is 4.30. The Morgan fingerprint density at radius 2 is 1.94 bits per heavy atom. The molecular weight excluding hydrogens is 430 g/mol. The molecule has 0 saturated heterocycles. The molecule has 1 N–H and O–H groups in total. The molecule has 0 fully saturated rings. The molecule has 9 heteroatoms. The first-order valence-corrected chi connectivity index (χ1v) is 11.1. The highest BCUT2D eigenvalue weighted by molar-refractivity contribution is 7.99. The van der Waals surface area contributed by atoms with Crippen molar-refractivity contribution in [2.24, 2.45) is 0 Å². The molecule has 0 spiro atoms. The summed E-state index contributed by atoms with van der Waals surface area (Å²) in [6.07, 6.45) is 0.749. The number of aromatic nitrogens is 2. The molecule has 0 radical (unpaired) electrons. The minimum Gasteiger partial charge on any atom is -0.493 e. The van der Waals surface area contributed by atoms with Gasteiger partial charge < -0.3 is 19.2 Å². The number of fused-ring (bicyclic) bond motifs is 3. The summed E-state index contributed by atoms with van der Waals surface area (Å²) in [5, 5.41) is 4.10. The maximum Gasteiger partial charge on any atom is 0.297 e. The molecule has 4 rings (SSSR count). The van der Waals surface area contributed by atoms with Crippen molar-refractivity contribution in [1.29, 1.82) is 0 Å². The lowest BCUT2D eigenvalue weighted by atomic mass is 10.2. The lowest BCUT2D eigenvalue weighted by Crippen LogP contribution is -2.23. The minimum absolute atomic E-state index is 0.0891. The molecule has 166 valence electrons. The van der Waals surface area contributed by atoms with Crippen LogP contribution in [0.15, 0.2) is 56.8 Å². The fourth-order valence-electron chi connectivity index (χ4n) is 3.43. The van der Waals surface area contributed by atoms with Gasteiger partial charge in [-0.3, -0.25) is 14.2 Å². The number of carbonyl (C=O) groups excluding carboxylic acids is 1. The van der Waals surface area contributed by atoms with Crippen molar-refractivity contribution < 1.29 is 18.7 Å². The number of hydrogen-bond acceptors (Lipinski definition) is 7. The average molecular weight is 454 g/mol. The lowest BCUT2D eigenvalue weighted by Gasteiger charge is -2.12. The van der Waals surface area contributed by atoms with Gasteiger partial charge in [0.05, 0.1) is 20.0 Å². The number of anilines is 1. The number of rotatable bonds is 8. The van der Waals surface area contributed by atoms with Crippen LogP contribution in [0.1, 0.15) is 13.3 Å². The zero-order valence-corrected chi connectivity index (χ0v) is 18.8. The summed E-state index contributed by atoms with van der Waals surface area (Å²) in [4.78, 5) is 30.3. The van der Waals surface area contributed by atoms with Crippen LogP contribution < -0.4 is 20.3 Å². The number of furan rings is 1. The third kappa shape index (κ3) is 4.16. The van der Waals surface area contributed by atoms with E-state index in [1.165, 1.54) is 18.9 Å². The highest BCUT2D eigenvalue weighted by atomic mass is 32.2. The topological polar surface area (TPSA) is 95.6 Å². The monoisotopic (exact) mass is 453 g/mol. The predicted molar refractivity (Wildman–Crippen MR) is 125 cm³/mol. The second-order valence-electron chi connectivity index (χ2n) is 7.03. The van der Waals surface area contributed by atoms with E-state index in [0.717, 1.165) is 11.8 Å². The van der Waals surface area contributed by atoms with Crippen molar-refractivity contribution >= 4 is 45.4 Å². The molecule has 0 aliphatic rings. The summed E-state index contributed by atoms with van der Waals surface area (Å²) >= 11 is 1.22. The number of para-hydroxylation sites is 1. The van der Waals surface area contributed by atoms with Crippen LogP contribution in [0.3, 0.4) is 0 Å². The molecule has 0 unspecified atom stereocenters. The van der Waals surface area contributed by atoms with E-state index in [9.17, 15) is 9.59 Å². The van der Waals surface area contributed by atoms with Crippen molar-refractivity contribution in [2.45, 2.75) is 25.0 Å². The molecule has 0 bridgehead atoms. The molecule has 32 heavy (non-hydrogen) atoms. The van der Waals surface area contributed by atoms with Crippen molar-refractivity contribution in [3.05, 3.63) is 52.8 Å². The zero-order chi connectivity index (χ0) is 22.7. The average Bonchev–Trinajstić information content (AvgIpc) is 3.18. The largest absolute Gasteiger partial charge is 0.493 e. The lowest BCUT2D eigenvalue weighted by molar-refractivity contribution is -0.113. The van der Waals surface area contributed by atoms with Gasteiger partial charge in [-0.1, -0.05) is 30.8 Å². The van der Waals surface area contributed by atoms with Gasteiger partial charge in [0, 0.05) is 23.7 Å². The van der Waals surface area contributed by atoms with Gasteiger partial charge in [-0.05, 0) is 30.7 Å². The second-order valence-corrected chi connectivity index (χ2v) is 7.98. The van der Waals surface area contributed by atoms with Gasteiger partial charge in [0.25, 0.3) is 5.56 Å². The van der Waals surface area contributed by atoms with E-state index in [0.29, 0.717) is 40.0 Å². The Bertz CT molecular complexity index is 1340. The molecule has 1 amide bonds. The van der Waals surface area contributed by atoms with Crippen LogP contribution in [0.2, 0.25) is 0 Å². The summed E-state index contributed by atoms with van der Waals surface area (Å²) in [6.45, 7) is 2.46. The Hall–Kier alpha value is -3.46. The molecule has 2 aromatic heterocycles. The van der Waals surface area contributed by atoms with E-state index >= 15 is 0 Å². The van der Waals surface area contributed by atoms with Crippen LogP contribution in [0, 0.1) is 0 Å². The van der Waals surface area contributed by atoms with Crippen LogP contribution >= 0.6 is 11.8 Å². The van der Waals surface area contributed by atoms with E-state index in [1.807, 2.05) is 31.2 Å².